The van der Waals surface area contributed by atoms with E-state index in [1.807, 2.05) is 23.3 Å². The molecule has 208 valence electrons. The minimum atomic E-state index is -0.319. The third-order valence-corrected chi connectivity index (χ3v) is 9.83. The van der Waals surface area contributed by atoms with Crippen LogP contribution in [0.4, 0.5) is 10.9 Å². The summed E-state index contributed by atoms with van der Waals surface area (Å²) >= 11 is 15.8. The first-order valence-corrected chi connectivity index (χ1v) is 15.6. The molecule has 3 aromatic rings. The summed E-state index contributed by atoms with van der Waals surface area (Å²) in [6, 6.07) is 4.14. The molecule has 0 unspecified atom stereocenters. The minimum absolute atomic E-state index is 0.100. The maximum atomic E-state index is 13.1. The molecule has 0 radical (unpaired) electrons. The van der Waals surface area contributed by atoms with Crippen LogP contribution in [-0.2, 0) is 16.1 Å². The van der Waals surface area contributed by atoms with E-state index in [4.69, 9.17) is 32.9 Å². The molecule has 0 atom stereocenters. The molecule has 1 amide bonds. The molecule has 12 heteroatoms. The van der Waals surface area contributed by atoms with Crippen molar-refractivity contribution in [2.45, 2.75) is 51.6 Å². The first kappa shape index (κ1) is 28.3. The second-order valence-electron chi connectivity index (χ2n) is 9.92. The molecular weight excluding hydrogens is 577 g/mol. The summed E-state index contributed by atoms with van der Waals surface area (Å²) in [7, 11) is 2.14. The maximum Gasteiger partial charge on any atom is 0.309 e. The zero-order valence-corrected chi connectivity index (χ0v) is 25.1. The number of thiazole rings is 1. The lowest BCUT2D eigenvalue weighted by molar-refractivity contribution is -0.148. The number of aromatic nitrogens is 2. The number of pyridine rings is 1. The molecule has 2 aliphatic rings. The highest BCUT2D eigenvalue weighted by Crippen LogP contribution is 2.38. The highest BCUT2D eigenvalue weighted by Gasteiger charge is 2.28. The first-order chi connectivity index (χ1) is 18.8. The van der Waals surface area contributed by atoms with Crippen molar-refractivity contribution in [2.24, 2.45) is 5.92 Å². The molecule has 1 saturated heterocycles. The summed E-state index contributed by atoms with van der Waals surface area (Å²) in [5.41, 5.74) is 1.21. The van der Waals surface area contributed by atoms with E-state index < -0.39 is 0 Å². The van der Waals surface area contributed by atoms with Crippen LogP contribution in [-0.4, -0.2) is 59.5 Å². The Morgan fingerprint density at radius 3 is 2.59 bits per heavy atom. The average molecular weight is 609 g/mol. The van der Waals surface area contributed by atoms with Gasteiger partial charge in [0.25, 0.3) is 5.91 Å². The van der Waals surface area contributed by atoms with Crippen LogP contribution in [0.25, 0.3) is 10.6 Å². The monoisotopic (exact) mass is 607 g/mol. The fourth-order valence-corrected chi connectivity index (χ4v) is 7.34. The molecular formula is C27H31Cl2N5O3S2. The predicted octanol–water partition coefficient (Wildman–Crippen LogP) is 6.59. The van der Waals surface area contributed by atoms with Crippen LogP contribution < -0.4 is 10.2 Å². The van der Waals surface area contributed by atoms with Crippen LogP contribution in [0, 0.1) is 5.92 Å². The standard InChI is InChI=1S/C27H31Cl2N5O3S2/c1-3-37-26(36)16-7-9-34(10-8-16)24-20(29)11-17(13-30-24)25(35)32-27-31-23(21-12-18(28)15-38-21)22(39-27)14-33(2)19-5-4-6-19/h11-13,15-16,19H,3-10,14H2,1-2H3,(H,31,32,35). The van der Waals surface area contributed by atoms with Gasteiger partial charge in [-0.2, -0.15) is 0 Å². The largest absolute Gasteiger partial charge is 0.466 e. The number of piperidine rings is 1. The van der Waals surface area contributed by atoms with Gasteiger partial charge in [-0.1, -0.05) is 41.0 Å². The van der Waals surface area contributed by atoms with Crippen molar-refractivity contribution < 1.29 is 14.3 Å². The van der Waals surface area contributed by atoms with Crippen LogP contribution in [0.3, 0.4) is 0 Å². The summed E-state index contributed by atoms with van der Waals surface area (Å²) < 4.78 is 5.15. The van der Waals surface area contributed by atoms with E-state index >= 15 is 0 Å². The SMILES string of the molecule is CCOC(=O)C1CCN(c2ncc(C(=O)Nc3nc(-c4cc(Cl)cs4)c(CN(C)C4CCC4)s3)cc2Cl)CC1. The number of carbonyl (C=O) groups is 2. The first-order valence-electron chi connectivity index (χ1n) is 13.1. The fraction of sp³-hybridized carbons (Fsp3) is 0.481. The topological polar surface area (TPSA) is 87.7 Å². The number of amides is 1. The van der Waals surface area contributed by atoms with Crippen molar-refractivity contribution in [3.8, 4) is 10.6 Å². The van der Waals surface area contributed by atoms with Crippen LogP contribution in [0.1, 0.15) is 54.3 Å². The van der Waals surface area contributed by atoms with Crippen molar-refractivity contribution >= 4 is 68.7 Å². The maximum absolute atomic E-state index is 13.1. The molecule has 2 fully saturated rings. The normalized spacial score (nSPS) is 16.4. The Morgan fingerprint density at radius 1 is 1.21 bits per heavy atom. The van der Waals surface area contributed by atoms with Gasteiger partial charge in [0.2, 0.25) is 0 Å². The van der Waals surface area contributed by atoms with Crippen molar-refractivity contribution in [1.82, 2.24) is 14.9 Å². The number of ether oxygens (including phenoxy) is 1. The van der Waals surface area contributed by atoms with Crippen LogP contribution in [0.2, 0.25) is 10.0 Å². The predicted molar refractivity (Wildman–Crippen MR) is 158 cm³/mol. The van der Waals surface area contributed by atoms with E-state index in [1.165, 1.54) is 36.8 Å². The van der Waals surface area contributed by atoms with Gasteiger partial charge in [-0.05, 0) is 51.8 Å². The van der Waals surface area contributed by atoms with Crippen molar-refractivity contribution in [1.29, 1.82) is 0 Å². The van der Waals surface area contributed by atoms with Gasteiger partial charge in [0.1, 0.15) is 5.82 Å². The van der Waals surface area contributed by atoms with Crippen molar-refractivity contribution in [3.05, 3.63) is 44.2 Å². The molecule has 8 nitrogen and oxygen atoms in total. The molecule has 4 heterocycles. The Morgan fingerprint density at radius 2 is 1.97 bits per heavy atom. The zero-order chi connectivity index (χ0) is 27.5. The van der Waals surface area contributed by atoms with Gasteiger partial charge in [0, 0.05) is 42.1 Å². The molecule has 0 spiro atoms. The van der Waals surface area contributed by atoms with Gasteiger partial charge < -0.3 is 9.64 Å². The van der Waals surface area contributed by atoms with E-state index in [0.29, 0.717) is 65.1 Å². The summed E-state index contributed by atoms with van der Waals surface area (Å²) in [4.78, 5) is 40.9. The molecule has 39 heavy (non-hydrogen) atoms. The molecule has 0 aromatic carbocycles. The van der Waals surface area contributed by atoms with Gasteiger partial charge >= 0.3 is 5.97 Å². The molecule has 3 aromatic heterocycles. The second kappa shape index (κ2) is 12.5. The van der Waals surface area contributed by atoms with E-state index in [2.05, 4.69) is 22.2 Å². The molecule has 1 saturated carbocycles. The smallest absolute Gasteiger partial charge is 0.309 e. The van der Waals surface area contributed by atoms with E-state index in [-0.39, 0.29) is 17.8 Å². The molecule has 1 aliphatic heterocycles. The van der Waals surface area contributed by atoms with Crippen molar-refractivity contribution in [3.63, 3.8) is 0 Å². The lowest BCUT2D eigenvalue weighted by Gasteiger charge is -2.34. The minimum Gasteiger partial charge on any atom is -0.466 e. The van der Waals surface area contributed by atoms with E-state index in [9.17, 15) is 9.59 Å². The number of nitrogens with zero attached hydrogens (tertiary/aromatic N) is 4. The molecule has 5 rings (SSSR count). The number of thiophene rings is 1. The van der Waals surface area contributed by atoms with Crippen LogP contribution in [0.5, 0.6) is 0 Å². The highest BCUT2D eigenvalue weighted by molar-refractivity contribution is 7.17. The number of hydrogen-bond acceptors (Lipinski definition) is 9. The highest BCUT2D eigenvalue weighted by atomic mass is 35.5. The molecule has 1 aliphatic carbocycles. The van der Waals surface area contributed by atoms with Crippen molar-refractivity contribution in [2.75, 3.05) is 37.0 Å². The third-order valence-electron chi connectivity index (χ3n) is 7.31. The number of nitrogens with one attached hydrogen (secondary N) is 1. The summed E-state index contributed by atoms with van der Waals surface area (Å²) in [6.45, 7) is 4.26. The summed E-state index contributed by atoms with van der Waals surface area (Å²) in [5, 5.41) is 6.43. The van der Waals surface area contributed by atoms with Gasteiger partial charge in [0.15, 0.2) is 5.13 Å². The Kier molecular flexibility index (Phi) is 9.08. The number of esters is 1. The quantitative estimate of drug-likeness (QED) is 0.274. The van der Waals surface area contributed by atoms with Gasteiger partial charge in [0.05, 0.1) is 38.7 Å². The number of halogens is 2. The number of carbonyl (C=O) groups excluding carboxylic acids is 2. The molecule has 0 bridgehead atoms. The van der Waals surface area contributed by atoms with Gasteiger partial charge in [-0.15, -0.1) is 11.3 Å². The van der Waals surface area contributed by atoms with E-state index in [1.54, 1.807) is 17.4 Å². The second-order valence-corrected chi connectivity index (χ2v) is 12.8. The Labute approximate surface area is 246 Å². The number of anilines is 2. The van der Waals surface area contributed by atoms with E-state index in [0.717, 1.165) is 22.0 Å². The lowest BCUT2D eigenvalue weighted by Crippen LogP contribution is -2.37. The number of rotatable bonds is 9. The lowest BCUT2D eigenvalue weighted by atomic mass is 9.92. The third kappa shape index (κ3) is 6.57. The number of hydrogen-bond donors (Lipinski definition) is 1. The Balaban J connectivity index is 1.27. The van der Waals surface area contributed by atoms with Crippen LogP contribution in [0.15, 0.2) is 23.7 Å². The van der Waals surface area contributed by atoms with Crippen LogP contribution >= 0.6 is 45.9 Å². The average Bonchev–Trinajstić information content (AvgIpc) is 3.48. The molecule has 1 N–H and O–H groups in total. The van der Waals surface area contributed by atoms with Gasteiger partial charge in [-0.3, -0.25) is 19.8 Å². The Bertz CT molecular complexity index is 1330. The fourth-order valence-electron chi connectivity index (χ4n) is 4.87. The van der Waals surface area contributed by atoms with Gasteiger partial charge in [-0.25, -0.2) is 9.97 Å². The zero-order valence-electron chi connectivity index (χ0n) is 21.9. The summed E-state index contributed by atoms with van der Waals surface area (Å²) in [5.74, 6) is 0.0498. The summed E-state index contributed by atoms with van der Waals surface area (Å²) in [6.07, 6.45) is 6.59. The Hall–Kier alpha value is -2.24.